The van der Waals surface area contributed by atoms with Crippen molar-refractivity contribution in [2.45, 2.75) is 32.8 Å². The van der Waals surface area contributed by atoms with Gasteiger partial charge in [0.15, 0.2) is 5.75 Å². The third-order valence-corrected chi connectivity index (χ3v) is 6.86. The molecule has 4 heterocycles. The van der Waals surface area contributed by atoms with Gasteiger partial charge in [-0.2, -0.15) is 5.10 Å². The maximum absolute atomic E-state index is 13.3. The largest absolute Gasteiger partial charge is 0.460 e. The van der Waals surface area contributed by atoms with Crippen molar-refractivity contribution in [1.29, 1.82) is 0 Å². The highest BCUT2D eigenvalue weighted by molar-refractivity contribution is 6.07. The maximum atomic E-state index is 13.3. The molecule has 1 atom stereocenters. The van der Waals surface area contributed by atoms with E-state index in [2.05, 4.69) is 10.4 Å². The van der Waals surface area contributed by atoms with Gasteiger partial charge >= 0.3 is 0 Å². The van der Waals surface area contributed by atoms with Crippen molar-refractivity contribution in [2.75, 3.05) is 27.2 Å². The molecule has 1 aromatic carbocycles. The van der Waals surface area contributed by atoms with Crippen LogP contribution < -0.4 is 10.1 Å². The van der Waals surface area contributed by atoms with Crippen LogP contribution in [0.3, 0.4) is 0 Å². The number of carbonyl (C=O) groups is 2. The first-order valence-corrected chi connectivity index (χ1v) is 11.5. The molecule has 0 saturated carbocycles. The summed E-state index contributed by atoms with van der Waals surface area (Å²) in [6.45, 7) is 6.87. The van der Waals surface area contributed by atoms with Gasteiger partial charge in [-0.1, -0.05) is 0 Å². The Balaban J connectivity index is 1.48. The minimum absolute atomic E-state index is 0.0473. The number of amides is 2. The van der Waals surface area contributed by atoms with Crippen LogP contribution in [0.4, 0.5) is 0 Å². The average molecular weight is 477 g/mol. The van der Waals surface area contributed by atoms with Crippen LogP contribution in [0, 0.1) is 13.8 Å². The van der Waals surface area contributed by atoms with E-state index in [-0.39, 0.29) is 17.4 Å². The predicted molar refractivity (Wildman–Crippen MR) is 130 cm³/mol. The summed E-state index contributed by atoms with van der Waals surface area (Å²) in [5.74, 6) is 1.41. The van der Waals surface area contributed by atoms with Crippen molar-refractivity contribution >= 4 is 28.3 Å². The number of carbonyl (C=O) groups excluding carboxylic acids is 2. The van der Waals surface area contributed by atoms with E-state index in [1.54, 1.807) is 56.2 Å². The second-order valence-corrected chi connectivity index (χ2v) is 9.16. The van der Waals surface area contributed by atoms with Crippen LogP contribution in [0.5, 0.6) is 11.5 Å². The molecule has 1 saturated heterocycles. The van der Waals surface area contributed by atoms with E-state index in [1.807, 2.05) is 24.8 Å². The third-order valence-electron chi connectivity index (χ3n) is 6.86. The average Bonchev–Trinajstić information content (AvgIpc) is 3.51. The van der Waals surface area contributed by atoms with E-state index in [9.17, 15) is 9.59 Å². The fourth-order valence-electron chi connectivity index (χ4n) is 4.76. The van der Waals surface area contributed by atoms with Crippen molar-refractivity contribution in [1.82, 2.24) is 19.8 Å². The normalized spacial score (nSPS) is 17.9. The summed E-state index contributed by atoms with van der Waals surface area (Å²) >= 11 is 0. The Labute approximate surface area is 202 Å². The first-order valence-electron chi connectivity index (χ1n) is 11.5. The lowest BCUT2D eigenvalue weighted by Gasteiger charge is -2.22. The smallest absolute Gasteiger partial charge is 0.255 e. The zero-order chi connectivity index (χ0) is 24.9. The number of furan rings is 1. The number of likely N-dealkylation sites (tertiary alicyclic amines) is 1. The number of methoxy groups -OCH3 is 1. The zero-order valence-corrected chi connectivity index (χ0v) is 20.5. The number of fused-ring (bicyclic) bond motifs is 2. The van der Waals surface area contributed by atoms with E-state index in [0.717, 1.165) is 17.4 Å². The number of nitrogens with one attached hydrogen (secondary N) is 1. The summed E-state index contributed by atoms with van der Waals surface area (Å²) in [6.07, 6.45) is 4.18. The molecular weight excluding hydrogens is 448 g/mol. The minimum Gasteiger partial charge on any atom is -0.460 e. The molecule has 9 nitrogen and oxygen atoms in total. The Kier molecular flexibility index (Phi) is 5.52. The van der Waals surface area contributed by atoms with Gasteiger partial charge in [0.2, 0.25) is 0 Å². The molecule has 5 rings (SSSR count). The molecule has 1 unspecified atom stereocenters. The van der Waals surface area contributed by atoms with Gasteiger partial charge in [-0.3, -0.25) is 9.59 Å². The quantitative estimate of drug-likeness (QED) is 0.466. The van der Waals surface area contributed by atoms with Gasteiger partial charge in [0.05, 0.1) is 22.9 Å². The number of benzene rings is 1. The van der Waals surface area contributed by atoms with Crippen LogP contribution in [-0.4, -0.2) is 59.2 Å². The fraction of sp³-hybridized carbons (Fsp3) is 0.346. The molecule has 35 heavy (non-hydrogen) atoms. The van der Waals surface area contributed by atoms with Gasteiger partial charge < -0.3 is 24.1 Å². The summed E-state index contributed by atoms with van der Waals surface area (Å²) in [5, 5.41) is 7.75. The Morgan fingerprint density at radius 3 is 2.74 bits per heavy atom. The number of hydrogen-bond acceptors (Lipinski definition) is 6. The highest BCUT2D eigenvalue weighted by Gasteiger charge is 2.37. The number of aromatic nitrogens is 2. The van der Waals surface area contributed by atoms with Crippen LogP contribution in [0.25, 0.3) is 16.5 Å². The van der Waals surface area contributed by atoms with E-state index < -0.39 is 0 Å². The predicted octanol–water partition coefficient (Wildman–Crippen LogP) is 4.10. The van der Waals surface area contributed by atoms with Crippen LogP contribution in [0.1, 0.15) is 45.4 Å². The van der Waals surface area contributed by atoms with Gasteiger partial charge in [0.1, 0.15) is 22.6 Å². The zero-order valence-electron chi connectivity index (χ0n) is 20.5. The van der Waals surface area contributed by atoms with Gasteiger partial charge in [-0.25, -0.2) is 4.52 Å². The second-order valence-electron chi connectivity index (χ2n) is 9.16. The van der Waals surface area contributed by atoms with Gasteiger partial charge in [0.25, 0.3) is 11.8 Å². The molecule has 0 bridgehead atoms. The molecule has 9 heteroatoms. The number of rotatable bonds is 5. The van der Waals surface area contributed by atoms with Crippen molar-refractivity contribution in [3.05, 3.63) is 59.1 Å². The van der Waals surface area contributed by atoms with E-state index in [1.165, 1.54) is 0 Å². The molecule has 182 valence electrons. The van der Waals surface area contributed by atoms with Crippen LogP contribution in [0.15, 0.2) is 41.1 Å². The molecular formula is C26H28N4O5. The fourth-order valence-corrected chi connectivity index (χ4v) is 4.76. The lowest BCUT2D eigenvalue weighted by atomic mass is 10.1. The van der Waals surface area contributed by atoms with E-state index in [4.69, 9.17) is 13.9 Å². The molecule has 1 fully saturated rings. The first kappa shape index (κ1) is 22.9. The third kappa shape index (κ3) is 3.81. The Morgan fingerprint density at radius 1 is 1.23 bits per heavy atom. The molecule has 1 aliphatic rings. The minimum atomic E-state index is -0.324. The van der Waals surface area contributed by atoms with Crippen molar-refractivity contribution in [3.63, 3.8) is 0 Å². The molecule has 0 radical (unpaired) electrons. The number of nitrogens with zero attached hydrogens (tertiary/aromatic N) is 3. The Hall–Kier alpha value is -3.85. The van der Waals surface area contributed by atoms with Crippen molar-refractivity contribution < 1.29 is 23.5 Å². The molecule has 4 aromatic rings. The number of aryl methyl sites for hydroxylation is 2. The maximum Gasteiger partial charge on any atom is 0.255 e. The summed E-state index contributed by atoms with van der Waals surface area (Å²) < 4.78 is 19.3. The van der Waals surface area contributed by atoms with Gasteiger partial charge in [-0.05, 0) is 44.9 Å². The summed E-state index contributed by atoms with van der Waals surface area (Å²) in [7, 11) is 3.27. The molecule has 3 aromatic heterocycles. The molecule has 0 aliphatic carbocycles. The van der Waals surface area contributed by atoms with Crippen LogP contribution in [0.2, 0.25) is 0 Å². The monoisotopic (exact) mass is 476 g/mol. The summed E-state index contributed by atoms with van der Waals surface area (Å²) in [5.41, 5.74) is 2.84. The first-order chi connectivity index (χ1) is 16.7. The van der Waals surface area contributed by atoms with Crippen LogP contribution in [-0.2, 0) is 4.74 Å². The second kappa shape index (κ2) is 8.42. The molecule has 1 N–H and O–H groups in total. The lowest BCUT2D eigenvalue weighted by molar-refractivity contribution is 0.0146. The molecule has 0 spiro atoms. The standard InChI is InChI=1S/C26H28N4O5/c1-15-19(25(32)29-11-9-26(3,14-29)33-5)13-30-23(15)20(8-10-28-30)35-17-6-7-18-21(12-17)34-16(2)22(18)24(31)27-4/h6-8,10,12-13H,9,11,14H2,1-5H3,(H,27,31). The van der Waals surface area contributed by atoms with Crippen molar-refractivity contribution in [3.8, 4) is 11.5 Å². The summed E-state index contributed by atoms with van der Waals surface area (Å²) in [4.78, 5) is 27.4. The SMILES string of the molecule is CNC(=O)c1c(C)oc2cc(Oc3ccnn4cc(C(=O)N5CCC(C)(OC)C5)c(C)c34)ccc12. The Morgan fingerprint density at radius 2 is 2.03 bits per heavy atom. The highest BCUT2D eigenvalue weighted by Crippen LogP contribution is 2.35. The molecule has 1 aliphatic heterocycles. The Bertz CT molecular complexity index is 1470. The van der Waals surface area contributed by atoms with E-state index in [0.29, 0.717) is 52.6 Å². The van der Waals surface area contributed by atoms with Gasteiger partial charge in [0, 0.05) is 51.0 Å². The van der Waals surface area contributed by atoms with E-state index >= 15 is 0 Å². The number of hydrogen-bond donors (Lipinski definition) is 1. The van der Waals surface area contributed by atoms with Crippen molar-refractivity contribution in [2.24, 2.45) is 0 Å². The van der Waals surface area contributed by atoms with Gasteiger partial charge in [-0.15, -0.1) is 0 Å². The lowest BCUT2D eigenvalue weighted by Crippen LogP contribution is -2.35. The molecule has 2 amide bonds. The summed E-state index contributed by atoms with van der Waals surface area (Å²) in [6, 6.07) is 7.12. The highest BCUT2D eigenvalue weighted by atomic mass is 16.5. The number of ether oxygens (including phenoxy) is 2. The topological polar surface area (TPSA) is 98.3 Å². The van der Waals surface area contributed by atoms with Crippen LogP contribution >= 0.6 is 0 Å².